The number of aryl methyl sites for hydroxylation is 1. The number of carbonyl (C=O) groups excluding carboxylic acids is 1. The molecule has 5 heteroatoms. The maximum absolute atomic E-state index is 11.2. The highest BCUT2D eigenvalue weighted by Crippen LogP contribution is 2.14. The molecule has 0 saturated heterocycles. The number of nitrogens with zero attached hydrogens (tertiary/aromatic N) is 2. The quantitative estimate of drug-likeness (QED) is 0.882. The number of amides is 1. The van der Waals surface area contributed by atoms with Crippen LogP contribution in [0.1, 0.15) is 18.9 Å². The van der Waals surface area contributed by atoms with Crippen molar-refractivity contribution in [1.29, 1.82) is 0 Å². The summed E-state index contributed by atoms with van der Waals surface area (Å²) in [7, 11) is 0. The lowest BCUT2D eigenvalue weighted by Gasteiger charge is -2.06. The molecule has 98 valence electrons. The minimum Gasteiger partial charge on any atom is -0.324 e. The van der Waals surface area contributed by atoms with Crippen LogP contribution in [0, 0.1) is 6.92 Å². The highest BCUT2D eigenvalue weighted by atomic mass is 16.1. The molecule has 0 fully saturated rings. The largest absolute Gasteiger partial charge is 0.324 e. The molecule has 2 N–H and O–H groups in total. The van der Waals surface area contributed by atoms with Gasteiger partial charge in [-0.15, -0.1) is 0 Å². The first-order valence-electron chi connectivity index (χ1n) is 6.13. The molecular weight excluding hydrogens is 240 g/mol. The molecule has 5 nitrogen and oxygen atoms in total. The number of anilines is 3. The second-order valence-corrected chi connectivity index (χ2v) is 4.19. The minimum atomic E-state index is -0.0529. The Morgan fingerprint density at radius 1 is 1.11 bits per heavy atom. The predicted molar refractivity (Wildman–Crippen MR) is 75.4 cm³/mol. The Kier molecular flexibility index (Phi) is 4.07. The van der Waals surface area contributed by atoms with E-state index in [1.54, 1.807) is 19.3 Å². The summed E-state index contributed by atoms with van der Waals surface area (Å²) in [6.07, 6.45) is 3.59. The van der Waals surface area contributed by atoms with Crippen molar-refractivity contribution < 1.29 is 4.79 Å². The van der Waals surface area contributed by atoms with Gasteiger partial charge in [-0.2, -0.15) is 0 Å². The van der Waals surface area contributed by atoms with E-state index in [0.29, 0.717) is 18.1 Å². The van der Waals surface area contributed by atoms with Crippen LogP contribution in [0.5, 0.6) is 0 Å². The molecule has 19 heavy (non-hydrogen) atoms. The Hall–Kier alpha value is -2.43. The van der Waals surface area contributed by atoms with E-state index in [-0.39, 0.29) is 5.91 Å². The van der Waals surface area contributed by atoms with Gasteiger partial charge in [0, 0.05) is 12.1 Å². The molecule has 0 aliphatic carbocycles. The highest BCUT2D eigenvalue weighted by Gasteiger charge is 2.01. The smallest absolute Gasteiger partial charge is 0.227 e. The van der Waals surface area contributed by atoms with Crippen molar-refractivity contribution in [2.75, 3.05) is 10.6 Å². The zero-order chi connectivity index (χ0) is 13.7. The monoisotopic (exact) mass is 256 g/mol. The molecule has 1 aromatic heterocycles. The van der Waals surface area contributed by atoms with Crippen LogP contribution in [0.15, 0.2) is 36.7 Å². The molecule has 1 amide bonds. The Bertz CT molecular complexity index is 549. The third kappa shape index (κ3) is 3.77. The Labute approximate surface area is 112 Å². The molecule has 0 bridgehead atoms. The van der Waals surface area contributed by atoms with Gasteiger partial charge in [0.2, 0.25) is 11.9 Å². The predicted octanol–water partition coefficient (Wildman–Crippen LogP) is 2.88. The molecular formula is C14H16N4O. The Balaban J connectivity index is 2.02. The van der Waals surface area contributed by atoms with E-state index >= 15 is 0 Å². The van der Waals surface area contributed by atoms with Gasteiger partial charge in [-0.05, 0) is 19.1 Å². The molecule has 0 aliphatic rings. The lowest BCUT2D eigenvalue weighted by molar-refractivity contribution is -0.115. The zero-order valence-electron chi connectivity index (χ0n) is 11.0. The molecule has 1 heterocycles. The Morgan fingerprint density at radius 3 is 2.32 bits per heavy atom. The number of hydrogen-bond donors (Lipinski definition) is 2. The van der Waals surface area contributed by atoms with Gasteiger partial charge in [0.05, 0.1) is 18.1 Å². The van der Waals surface area contributed by atoms with Gasteiger partial charge in [-0.3, -0.25) is 4.79 Å². The molecule has 2 rings (SSSR count). The van der Waals surface area contributed by atoms with Crippen LogP contribution in [0.4, 0.5) is 17.3 Å². The summed E-state index contributed by atoms with van der Waals surface area (Å²) in [5, 5.41) is 5.79. The lowest BCUT2D eigenvalue weighted by atomic mass is 10.2. The minimum absolute atomic E-state index is 0.0529. The first-order valence-corrected chi connectivity index (χ1v) is 6.13. The van der Waals surface area contributed by atoms with Crippen molar-refractivity contribution in [3.05, 3.63) is 42.2 Å². The van der Waals surface area contributed by atoms with E-state index < -0.39 is 0 Å². The van der Waals surface area contributed by atoms with Crippen molar-refractivity contribution in [2.24, 2.45) is 0 Å². The van der Waals surface area contributed by atoms with E-state index in [1.165, 1.54) is 5.56 Å². The second kappa shape index (κ2) is 5.95. The van der Waals surface area contributed by atoms with Gasteiger partial charge < -0.3 is 10.6 Å². The number of benzene rings is 1. The van der Waals surface area contributed by atoms with Crippen LogP contribution in [0.25, 0.3) is 0 Å². The third-order valence-electron chi connectivity index (χ3n) is 2.56. The molecule has 2 aromatic rings. The van der Waals surface area contributed by atoms with Crippen molar-refractivity contribution in [1.82, 2.24) is 9.97 Å². The maximum Gasteiger partial charge on any atom is 0.227 e. The lowest BCUT2D eigenvalue weighted by Crippen LogP contribution is -2.10. The van der Waals surface area contributed by atoms with Crippen LogP contribution < -0.4 is 10.6 Å². The topological polar surface area (TPSA) is 66.9 Å². The van der Waals surface area contributed by atoms with E-state index in [0.717, 1.165) is 5.69 Å². The standard InChI is InChI=1S/C14H16N4O/c1-3-13(19)17-12-8-15-14(16-9-12)18-11-6-4-10(2)5-7-11/h4-9H,3H2,1-2H3,(H,17,19)(H,15,16,18). The molecule has 0 spiro atoms. The first kappa shape index (κ1) is 13.0. The fraction of sp³-hybridized carbons (Fsp3) is 0.214. The van der Waals surface area contributed by atoms with Gasteiger partial charge >= 0.3 is 0 Å². The fourth-order valence-electron chi connectivity index (χ4n) is 1.47. The number of carbonyl (C=O) groups is 1. The SMILES string of the molecule is CCC(=O)Nc1cnc(Nc2ccc(C)cc2)nc1. The number of nitrogens with one attached hydrogen (secondary N) is 2. The summed E-state index contributed by atoms with van der Waals surface area (Å²) >= 11 is 0. The second-order valence-electron chi connectivity index (χ2n) is 4.19. The normalized spacial score (nSPS) is 10.0. The van der Waals surface area contributed by atoms with Gasteiger partial charge in [-0.25, -0.2) is 9.97 Å². The van der Waals surface area contributed by atoms with E-state index in [2.05, 4.69) is 20.6 Å². The van der Waals surface area contributed by atoms with Crippen LogP contribution in [-0.4, -0.2) is 15.9 Å². The molecule has 0 unspecified atom stereocenters. The summed E-state index contributed by atoms with van der Waals surface area (Å²) in [4.78, 5) is 19.5. The summed E-state index contributed by atoms with van der Waals surface area (Å²) in [6, 6.07) is 7.95. The van der Waals surface area contributed by atoms with Crippen LogP contribution in [0.3, 0.4) is 0 Å². The molecule has 0 radical (unpaired) electrons. The fourth-order valence-corrected chi connectivity index (χ4v) is 1.47. The molecule has 0 saturated carbocycles. The van der Waals surface area contributed by atoms with Crippen molar-refractivity contribution in [3.8, 4) is 0 Å². The summed E-state index contributed by atoms with van der Waals surface area (Å²) < 4.78 is 0. The maximum atomic E-state index is 11.2. The molecule has 0 atom stereocenters. The summed E-state index contributed by atoms with van der Waals surface area (Å²) in [6.45, 7) is 3.83. The highest BCUT2D eigenvalue weighted by molar-refractivity contribution is 5.90. The van der Waals surface area contributed by atoms with E-state index in [9.17, 15) is 4.79 Å². The van der Waals surface area contributed by atoms with Gasteiger partial charge in [-0.1, -0.05) is 24.6 Å². The number of rotatable bonds is 4. The Morgan fingerprint density at radius 2 is 1.74 bits per heavy atom. The van der Waals surface area contributed by atoms with E-state index in [1.807, 2.05) is 31.2 Å². The molecule has 0 aliphatic heterocycles. The third-order valence-corrected chi connectivity index (χ3v) is 2.56. The zero-order valence-corrected chi connectivity index (χ0v) is 11.0. The summed E-state index contributed by atoms with van der Waals surface area (Å²) in [5.74, 6) is 0.446. The van der Waals surface area contributed by atoms with E-state index in [4.69, 9.17) is 0 Å². The van der Waals surface area contributed by atoms with Gasteiger partial charge in [0.15, 0.2) is 0 Å². The average Bonchev–Trinajstić information content (AvgIpc) is 2.43. The van der Waals surface area contributed by atoms with Crippen LogP contribution in [-0.2, 0) is 4.79 Å². The van der Waals surface area contributed by atoms with Crippen molar-refractivity contribution in [3.63, 3.8) is 0 Å². The van der Waals surface area contributed by atoms with Gasteiger partial charge in [0.1, 0.15) is 0 Å². The first-order chi connectivity index (χ1) is 9.17. The van der Waals surface area contributed by atoms with Crippen molar-refractivity contribution >= 4 is 23.2 Å². The molecule has 1 aromatic carbocycles. The summed E-state index contributed by atoms with van der Waals surface area (Å²) in [5.41, 5.74) is 2.72. The average molecular weight is 256 g/mol. The number of hydrogen-bond acceptors (Lipinski definition) is 4. The van der Waals surface area contributed by atoms with Crippen molar-refractivity contribution in [2.45, 2.75) is 20.3 Å². The van der Waals surface area contributed by atoms with Crippen LogP contribution >= 0.6 is 0 Å². The van der Waals surface area contributed by atoms with Crippen LogP contribution in [0.2, 0.25) is 0 Å². The number of aromatic nitrogens is 2. The van der Waals surface area contributed by atoms with Gasteiger partial charge in [0.25, 0.3) is 0 Å².